The molecular formula is C10H12FNO4S. The van der Waals surface area contributed by atoms with Crippen LogP contribution in [0.15, 0.2) is 18.3 Å². The number of aliphatic hydroxyl groups is 3. The van der Waals surface area contributed by atoms with Crippen molar-refractivity contribution in [3.05, 3.63) is 24.3 Å². The third-order valence-corrected chi connectivity index (χ3v) is 3.64. The highest BCUT2D eigenvalue weighted by Gasteiger charge is 2.38. The lowest BCUT2D eigenvalue weighted by molar-refractivity contribution is -0.0786. The summed E-state index contributed by atoms with van der Waals surface area (Å²) in [5, 5.41) is 28.5. The zero-order valence-corrected chi connectivity index (χ0v) is 9.55. The highest BCUT2D eigenvalue weighted by Crippen LogP contribution is 2.28. The molecule has 0 spiro atoms. The number of nitrogens with zero attached hydrogens (tertiary/aromatic N) is 1. The summed E-state index contributed by atoms with van der Waals surface area (Å²) < 4.78 is 17.9. The van der Waals surface area contributed by atoms with Gasteiger partial charge in [0.05, 0.1) is 12.3 Å². The fourth-order valence-corrected chi connectivity index (χ4v) is 2.57. The Morgan fingerprint density at radius 2 is 2.06 bits per heavy atom. The molecule has 1 aromatic rings. The number of aromatic nitrogens is 1. The molecule has 0 saturated carbocycles. The maximum absolute atomic E-state index is 12.6. The lowest BCUT2D eigenvalue weighted by Gasteiger charge is -2.34. The largest absolute Gasteiger partial charge is 0.475 e. The smallest absolute Gasteiger partial charge is 0.213 e. The first-order valence-electron chi connectivity index (χ1n) is 5.02. The Labute approximate surface area is 101 Å². The Morgan fingerprint density at radius 1 is 1.29 bits per heavy atom. The summed E-state index contributed by atoms with van der Waals surface area (Å²) in [6, 6.07) is 2.52. The van der Waals surface area contributed by atoms with Gasteiger partial charge in [-0.15, -0.1) is 11.8 Å². The normalized spacial score (nSPS) is 33.4. The monoisotopic (exact) mass is 261 g/mol. The van der Waals surface area contributed by atoms with Gasteiger partial charge in [-0.2, -0.15) is 4.39 Å². The molecule has 7 heteroatoms. The summed E-state index contributed by atoms with van der Waals surface area (Å²) in [6.07, 6.45) is -2.22. The van der Waals surface area contributed by atoms with Gasteiger partial charge < -0.3 is 20.1 Å². The molecule has 94 valence electrons. The number of hydrogen-bond donors (Lipinski definition) is 3. The Hall–Kier alpha value is -0.890. The van der Waals surface area contributed by atoms with Crippen LogP contribution in [0, 0.1) is 5.95 Å². The van der Waals surface area contributed by atoms with Crippen LogP contribution in [-0.2, 0) is 0 Å². The van der Waals surface area contributed by atoms with E-state index in [1.807, 2.05) is 0 Å². The summed E-state index contributed by atoms with van der Waals surface area (Å²) in [6.45, 7) is 0. The first-order valence-corrected chi connectivity index (χ1v) is 6.07. The van der Waals surface area contributed by atoms with Gasteiger partial charge in [0, 0.05) is 5.75 Å². The lowest BCUT2D eigenvalue weighted by Crippen LogP contribution is -2.50. The van der Waals surface area contributed by atoms with Crippen LogP contribution in [0.3, 0.4) is 0 Å². The van der Waals surface area contributed by atoms with E-state index in [9.17, 15) is 19.7 Å². The minimum absolute atomic E-state index is 0.261. The summed E-state index contributed by atoms with van der Waals surface area (Å²) in [5.74, 6) is -0.0615. The van der Waals surface area contributed by atoms with E-state index in [-0.39, 0.29) is 5.75 Å². The van der Waals surface area contributed by atoms with Crippen molar-refractivity contribution in [2.75, 3.05) is 5.75 Å². The zero-order valence-electron chi connectivity index (χ0n) is 8.73. The number of rotatable bonds is 2. The summed E-state index contributed by atoms with van der Waals surface area (Å²) >= 11 is 1.18. The maximum Gasteiger partial charge on any atom is 0.213 e. The summed E-state index contributed by atoms with van der Waals surface area (Å²) in [7, 11) is 0. The van der Waals surface area contributed by atoms with E-state index < -0.39 is 29.7 Å². The molecule has 0 aromatic carbocycles. The van der Waals surface area contributed by atoms with Gasteiger partial charge in [0.15, 0.2) is 5.44 Å². The van der Waals surface area contributed by atoms with Crippen LogP contribution in [0.1, 0.15) is 0 Å². The second-order valence-corrected chi connectivity index (χ2v) is 4.82. The molecule has 2 heterocycles. The Balaban J connectivity index is 2.01. The second-order valence-electron chi connectivity index (χ2n) is 3.68. The Morgan fingerprint density at radius 3 is 2.71 bits per heavy atom. The van der Waals surface area contributed by atoms with Crippen LogP contribution in [0.25, 0.3) is 0 Å². The molecule has 3 N–H and O–H groups in total. The average Bonchev–Trinajstić information content (AvgIpc) is 2.33. The summed E-state index contributed by atoms with van der Waals surface area (Å²) in [5.41, 5.74) is -0.708. The van der Waals surface area contributed by atoms with Crippen LogP contribution in [-0.4, -0.2) is 49.8 Å². The van der Waals surface area contributed by atoms with Crippen LogP contribution >= 0.6 is 11.8 Å². The van der Waals surface area contributed by atoms with Gasteiger partial charge in [-0.3, -0.25) is 0 Å². The number of halogens is 1. The summed E-state index contributed by atoms with van der Waals surface area (Å²) in [4.78, 5) is 3.41. The van der Waals surface area contributed by atoms with Crippen molar-refractivity contribution in [2.45, 2.75) is 23.7 Å². The molecular weight excluding hydrogens is 249 g/mol. The van der Waals surface area contributed by atoms with Gasteiger partial charge in [-0.1, -0.05) is 0 Å². The van der Waals surface area contributed by atoms with E-state index in [1.165, 1.54) is 24.0 Å². The van der Waals surface area contributed by atoms with Gasteiger partial charge in [-0.05, 0) is 12.1 Å². The van der Waals surface area contributed by atoms with Gasteiger partial charge in [0.25, 0.3) is 0 Å². The highest BCUT2D eigenvalue weighted by molar-refractivity contribution is 7.99. The predicted octanol–water partition coefficient (Wildman–Crippen LogP) is -0.245. The number of thioether (sulfide) groups is 1. The molecule has 1 aromatic heterocycles. The van der Waals surface area contributed by atoms with Gasteiger partial charge >= 0.3 is 0 Å². The maximum atomic E-state index is 12.6. The van der Waals surface area contributed by atoms with E-state index in [2.05, 4.69) is 4.98 Å². The first kappa shape index (κ1) is 12.6. The molecule has 2 rings (SSSR count). The fourth-order valence-electron chi connectivity index (χ4n) is 1.45. The predicted molar refractivity (Wildman–Crippen MR) is 59.1 cm³/mol. The highest BCUT2D eigenvalue weighted by atomic mass is 32.2. The molecule has 0 bridgehead atoms. The van der Waals surface area contributed by atoms with Gasteiger partial charge in [0.2, 0.25) is 5.95 Å². The van der Waals surface area contributed by atoms with Crippen LogP contribution in [0.4, 0.5) is 4.39 Å². The average molecular weight is 261 g/mol. The number of hydrogen-bond acceptors (Lipinski definition) is 6. The molecule has 0 unspecified atom stereocenters. The Kier molecular flexibility index (Phi) is 3.82. The quantitative estimate of drug-likeness (QED) is 0.637. The Bertz CT molecular complexity index is 377. The standard InChI is InChI=1S/C10H12FNO4S/c11-7-2-1-5(3-12-7)16-10-9(15)8(14)6(13)4-17-10/h1-3,6,8-10,13-15H,4H2/t6-,8+,9-,10-/m1/s1. The fraction of sp³-hybridized carbons (Fsp3) is 0.500. The van der Waals surface area contributed by atoms with Gasteiger partial charge in [-0.25, -0.2) is 4.98 Å². The van der Waals surface area contributed by atoms with Crippen LogP contribution in [0.2, 0.25) is 0 Å². The minimum Gasteiger partial charge on any atom is -0.475 e. The molecule has 17 heavy (non-hydrogen) atoms. The lowest BCUT2D eigenvalue weighted by atomic mass is 10.1. The van der Waals surface area contributed by atoms with E-state index in [0.29, 0.717) is 5.75 Å². The van der Waals surface area contributed by atoms with Crippen molar-refractivity contribution in [1.29, 1.82) is 0 Å². The van der Waals surface area contributed by atoms with Crippen molar-refractivity contribution in [3.63, 3.8) is 0 Å². The molecule has 0 aliphatic carbocycles. The molecule has 1 aliphatic heterocycles. The molecule has 0 amide bonds. The molecule has 1 aliphatic rings. The first-order chi connectivity index (χ1) is 8.08. The van der Waals surface area contributed by atoms with Crippen molar-refractivity contribution >= 4 is 11.8 Å². The molecule has 0 radical (unpaired) electrons. The van der Waals surface area contributed by atoms with E-state index >= 15 is 0 Å². The third-order valence-electron chi connectivity index (χ3n) is 2.41. The topological polar surface area (TPSA) is 82.8 Å². The van der Waals surface area contributed by atoms with Crippen molar-refractivity contribution in [3.8, 4) is 5.75 Å². The van der Waals surface area contributed by atoms with Crippen molar-refractivity contribution in [1.82, 2.24) is 4.98 Å². The van der Waals surface area contributed by atoms with E-state index in [1.54, 1.807) is 0 Å². The van der Waals surface area contributed by atoms with E-state index in [4.69, 9.17) is 4.74 Å². The van der Waals surface area contributed by atoms with Gasteiger partial charge in [0.1, 0.15) is 18.0 Å². The number of ether oxygens (including phenoxy) is 1. The number of pyridine rings is 1. The van der Waals surface area contributed by atoms with Crippen molar-refractivity contribution < 1.29 is 24.4 Å². The van der Waals surface area contributed by atoms with Crippen LogP contribution in [0.5, 0.6) is 5.75 Å². The zero-order chi connectivity index (χ0) is 12.4. The van der Waals surface area contributed by atoms with Crippen molar-refractivity contribution in [2.24, 2.45) is 0 Å². The number of aliphatic hydroxyl groups excluding tert-OH is 3. The molecule has 5 nitrogen and oxygen atoms in total. The SMILES string of the molecule is O[C@@H]1[C@@H](O)[C@H](Oc2ccc(F)nc2)SC[C@H]1O. The third kappa shape index (κ3) is 2.86. The second kappa shape index (κ2) is 5.18. The van der Waals surface area contributed by atoms with Crippen LogP contribution < -0.4 is 4.74 Å². The molecule has 4 atom stereocenters. The molecule has 1 fully saturated rings. The van der Waals surface area contributed by atoms with E-state index in [0.717, 1.165) is 6.07 Å². The minimum atomic E-state index is -1.24. The molecule has 1 saturated heterocycles.